The van der Waals surface area contributed by atoms with Crippen LogP contribution in [0, 0.1) is 0 Å². The molecule has 2 rings (SSSR count). The summed E-state index contributed by atoms with van der Waals surface area (Å²) in [6, 6.07) is 18.3. The Balaban J connectivity index is 0.00000180. The van der Waals surface area contributed by atoms with E-state index in [1.165, 1.54) is 5.56 Å². The van der Waals surface area contributed by atoms with Crippen molar-refractivity contribution in [2.45, 2.75) is 26.0 Å². The molecule has 3 heteroatoms. The molecule has 2 aromatic carbocycles. The normalized spacial score (nSPS) is 11.5. The zero-order valence-electron chi connectivity index (χ0n) is 11.1. The molecule has 2 nitrogen and oxygen atoms in total. The van der Waals surface area contributed by atoms with Crippen LogP contribution in [0.3, 0.4) is 0 Å². The molecule has 0 bridgehead atoms. The van der Waals surface area contributed by atoms with Crippen LogP contribution in [0.1, 0.15) is 30.5 Å². The molecule has 0 saturated heterocycles. The molecule has 2 aromatic rings. The molecule has 0 aliphatic carbocycles. The van der Waals surface area contributed by atoms with Crippen molar-refractivity contribution < 1.29 is 4.74 Å². The van der Waals surface area contributed by atoms with Gasteiger partial charge in [-0.25, -0.2) is 0 Å². The molecule has 0 unspecified atom stereocenters. The van der Waals surface area contributed by atoms with E-state index in [2.05, 4.69) is 19.1 Å². The molecule has 2 N–H and O–H groups in total. The lowest BCUT2D eigenvalue weighted by Crippen LogP contribution is -2.08. The number of benzene rings is 2. The molecule has 0 heterocycles. The first-order chi connectivity index (χ1) is 8.79. The van der Waals surface area contributed by atoms with Gasteiger partial charge in [0.1, 0.15) is 12.4 Å². The lowest BCUT2D eigenvalue weighted by Gasteiger charge is -2.12. The summed E-state index contributed by atoms with van der Waals surface area (Å²) >= 11 is 0. The Morgan fingerprint density at radius 3 is 2.47 bits per heavy atom. The minimum absolute atomic E-state index is 0. The smallest absolute Gasteiger partial charge is 0.120 e. The van der Waals surface area contributed by atoms with Gasteiger partial charge in [0, 0.05) is 6.04 Å². The minimum atomic E-state index is 0. The minimum Gasteiger partial charge on any atom is -0.489 e. The van der Waals surface area contributed by atoms with E-state index in [1.807, 2.05) is 42.5 Å². The van der Waals surface area contributed by atoms with E-state index in [1.54, 1.807) is 0 Å². The van der Waals surface area contributed by atoms with Crippen LogP contribution in [0.25, 0.3) is 0 Å². The molecule has 0 radical (unpaired) electrons. The van der Waals surface area contributed by atoms with Crippen molar-refractivity contribution in [3.63, 3.8) is 0 Å². The van der Waals surface area contributed by atoms with Gasteiger partial charge < -0.3 is 10.5 Å². The predicted molar refractivity (Wildman–Crippen MR) is 81.7 cm³/mol. The summed E-state index contributed by atoms with van der Waals surface area (Å²) in [5.74, 6) is 0.875. The third-order valence-corrected chi connectivity index (χ3v) is 2.97. The van der Waals surface area contributed by atoms with Gasteiger partial charge in [0.2, 0.25) is 0 Å². The summed E-state index contributed by atoms with van der Waals surface area (Å²) in [4.78, 5) is 0. The zero-order valence-corrected chi connectivity index (χ0v) is 11.9. The average molecular weight is 278 g/mol. The van der Waals surface area contributed by atoms with Crippen LogP contribution in [0.4, 0.5) is 0 Å². The number of rotatable bonds is 5. The third kappa shape index (κ3) is 4.58. The van der Waals surface area contributed by atoms with Gasteiger partial charge in [-0.3, -0.25) is 0 Å². The topological polar surface area (TPSA) is 35.2 Å². The van der Waals surface area contributed by atoms with Crippen LogP contribution in [0.2, 0.25) is 0 Å². The van der Waals surface area contributed by atoms with Crippen molar-refractivity contribution in [3.05, 3.63) is 65.7 Å². The van der Waals surface area contributed by atoms with Crippen LogP contribution < -0.4 is 10.5 Å². The van der Waals surface area contributed by atoms with E-state index >= 15 is 0 Å². The summed E-state index contributed by atoms with van der Waals surface area (Å²) in [5.41, 5.74) is 8.31. The van der Waals surface area contributed by atoms with Crippen LogP contribution in [-0.4, -0.2) is 0 Å². The van der Waals surface area contributed by atoms with Crippen LogP contribution >= 0.6 is 12.4 Å². The zero-order chi connectivity index (χ0) is 12.8. The maximum atomic E-state index is 6.01. The monoisotopic (exact) mass is 277 g/mol. The lowest BCUT2D eigenvalue weighted by molar-refractivity contribution is 0.305. The van der Waals surface area contributed by atoms with Gasteiger partial charge in [-0.2, -0.15) is 0 Å². The number of nitrogens with two attached hydrogens (primary N) is 1. The van der Waals surface area contributed by atoms with Crippen molar-refractivity contribution in [3.8, 4) is 5.75 Å². The Labute approximate surface area is 121 Å². The second-order valence-corrected chi connectivity index (χ2v) is 4.36. The van der Waals surface area contributed by atoms with E-state index in [-0.39, 0.29) is 18.4 Å². The first-order valence-electron chi connectivity index (χ1n) is 6.32. The van der Waals surface area contributed by atoms with Gasteiger partial charge in [-0.05, 0) is 29.7 Å². The Morgan fingerprint density at radius 2 is 1.79 bits per heavy atom. The summed E-state index contributed by atoms with van der Waals surface area (Å²) in [6.07, 6.45) is 0.933. The molecule has 0 aliphatic heterocycles. The first kappa shape index (κ1) is 15.5. The Bertz CT molecular complexity index is 487. The highest BCUT2D eigenvalue weighted by atomic mass is 35.5. The van der Waals surface area contributed by atoms with E-state index in [0.717, 1.165) is 17.7 Å². The molecule has 0 aliphatic rings. The van der Waals surface area contributed by atoms with Crippen LogP contribution in [-0.2, 0) is 6.61 Å². The van der Waals surface area contributed by atoms with Gasteiger partial charge in [0.25, 0.3) is 0 Å². The number of hydrogen-bond donors (Lipinski definition) is 1. The SMILES string of the molecule is CC[C@@H](N)c1cccc(OCc2ccccc2)c1.Cl. The fourth-order valence-electron chi connectivity index (χ4n) is 1.81. The number of hydrogen-bond acceptors (Lipinski definition) is 2. The number of ether oxygens (including phenoxy) is 1. The van der Waals surface area contributed by atoms with Crippen molar-refractivity contribution in [1.82, 2.24) is 0 Å². The molecule has 19 heavy (non-hydrogen) atoms. The molecular formula is C16H20ClNO. The summed E-state index contributed by atoms with van der Waals surface area (Å²) in [7, 11) is 0. The molecule has 0 fully saturated rings. The molecule has 0 saturated carbocycles. The van der Waals surface area contributed by atoms with Crippen molar-refractivity contribution in [2.75, 3.05) is 0 Å². The quantitative estimate of drug-likeness (QED) is 0.893. The van der Waals surface area contributed by atoms with Gasteiger partial charge in [0.05, 0.1) is 0 Å². The highest BCUT2D eigenvalue weighted by molar-refractivity contribution is 5.85. The van der Waals surface area contributed by atoms with Crippen molar-refractivity contribution >= 4 is 12.4 Å². The van der Waals surface area contributed by atoms with Crippen molar-refractivity contribution in [2.24, 2.45) is 5.73 Å². The molecule has 0 spiro atoms. The highest BCUT2D eigenvalue weighted by Gasteiger charge is 2.04. The van der Waals surface area contributed by atoms with E-state index in [4.69, 9.17) is 10.5 Å². The summed E-state index contributed by atoms with van der Waals surface area (Å²) in [6.45, 7) is 2.67. The van der Waals surface area contributed by atoms with Crippen LogP contribution in [0.5, 0.6) is 5.75 Å². The lowest BCUT2D eigenvalue weighted by atomic mass is 10.1. The molecule has 0 aromatic heterocycles. The van der Waals surface area contributed by atoms with E-state index < -0.39 is 0 Å². The van der Waals surface area contributed by atoms with Crippen molar-refractivity contribution in [1.29, 1.82) is 0 Å². The largest absolute Gasteiger partial charge is 0.489 e. The molecular weight excluding hydrogens is 258 g/mol. The third-order valence-electron chi connectivity index (χ3n) is 2.97. The first-order valence-corrected chi connectivity index (χ1v) is 6.32. The fraction of sp³-hybridized carbons (Fsp3) is 0.250. The van der Waals surface area contributed by atoms with E-state index in [0.29, 0.717) is 6.61 Å². The predicted octanol–water partition coefficient (Wildman–Crippen LogP) is 4.10. The molecule has 0 amide bonds. The summed E-state index contributed by atoms with van der Waals surface area (Å²) < 4.78 is 5.77. The Morgan fingerprint density at radius 1 is 1.05 bits per heavy atom. The average Bonchev–Trinajstić information content (AvgIpc) is 2.45. The maximum Gasteiger partial charge on any atom is 0.120 e. The molecule has 1 atom stereocenters. The Hall–Kier alpha value is -1.51. The van der Waals surface area contributed by atoms with E-state index in [9.17, 15) is 0 Å². The second kappa shape index (κ2) is 7.82. The standard InChI is InChI=1S/C16H19NO.ClH/c1-2-16(17)14-9-6-10-15(11-14)18-12-13-7-4-3-5-8-13;/h3-11,16H,2,12,17H2,1H3;1H/t16-;/m1./s1. The van der Waals surface area contributed by atoms with Gasteiger partial charge >= 0.3 is 0 Å². The fourth-order valence-corrected chi connectivity index (χ4v) is 1.81. The number of halogens is 1. The highest BCUT2D eigenvalue weighted by Crippen LogP contribution is 2.20. The van der Waals surface area contributed by atoms with Gasteiger partial charge in [0.15, 0.2) is 0 Å². The van der Waals surface area contributed by atoms with Gasteiger partial charge in [-0.1, -0.05) is 49.4 Å². The maximum absolute atomic E-state index is 6.01. The van der Waals surface area contributed by atoms with Crippen LogP contribution in [0.15, 0.2) is 54.6 Å². The van der Waals surface area contributed by atoms with Gasteiger partial charge in [-0.15, -0.1) is 12.4 Å². The Kier molecular flexibility index (Phi) is 6.40. The summed E-state index contributed by atoms with van der Waals surface area (Å²) in [5, 5.41) is 0. The second-order valence-electron chi connectivity index (χ2n) is 4.36. The molecule has 102 valence electrons.